The number of fused-ring (bicyclic) bond motifs is 1. The number of hydrogen-bond acceptors (Lipinski definition) is 5. The van der Waals surface area contributed by atoms with Crippen molar-refractivity contribution in [1.29, 1.82) is 0 Å². The number of carbonyl (C=O) groups excluding carboxylic acids is 1. The van der Waals surface area contributed by atoms with Crippen molar-refractivity contribution in [2.75, 3.05) is 27.4 Å². The lowest BCUT2D eigenvalue weighted by molar-refractivity contribution is -0.130. The number of methoxy groups -OCH3 is 2. The van der Waals surface area contributed by atoms with Gasteiger partial charge in [0, 0.05) is 11.0 Å². The number of halogens is 1. The summed E-state index contributed by atoms with van der Waals surface area (Å²) in [5.41, 5.74) is 1.01. The molecule has 0 spiro atoms. The molecule has 0 aliphatic carbocycles. The van der Waals surface area contributed by atoms with Crippen LogP contribution in [0.15, 0.2) is 40.9 Å². The van der Waals surface area contributed by atoms with Crippen molar-refractivity contribution in [3.8, 4) is 23.0 Å². The average Bonchev–Trinajstić information content (AvgIpc) is 2.68. The Morgan fingerprint density at radius 3 is 2.62 bits per heavy atom. The first-order chi connectivity index (χ1) is 12.6. The summed E-state index contributed by atoms with van der Waals surface area (Å²) >= 11 is 3.52. The summed E-state index contributed by atoms with van der Waals surface area (Å²) in [5.74, 6) is 2.35. The molecule has 0 fully saturated rings. The molecule has 0 saturated carbocycles. The predicted octanol–water partition coefficient (Wildman–Crippen LogP) is 2.97. The van der Waals surface area contributed by atoms with Crippen LogP contribution in [-0.2, 0) is 11.2 Å². The number of ether oxygens (including phenoxy) is 4. The first-order valence-corrected chi connectivity index (χ1v) is 8.98. The molecule has 1 heterocycles. The molecule has 7 heteroatoms. The summed E-state index contributed by atoms with van der Waals surface area (Å²) in [7, 11) is 3.18. The number of rotatable bonds is 6. The molecule has 1 aliphatic heterocycles. The largest absolute Gasteiger partial charge is 0.493 e. The van der Waals surface area contributed by atoms with Crippen molar-refractivity contribution in [3.63, 3.8) is 0 Å². The summed E-state index contributed by atoms with van der Waals surface area (Å²) in [6, 6.07) is 11.1. The molecule has 138 valence electrons. The van der Waals surface area contributed by atoms with E-state index < -0.39 is 6.10 Å². The Morgan fingerprint density at radius 2 is 1.88 bits per heavy atom. The number of hydrogen-bond donors (Lipinski definition) is 1. The van der Waals surface area contributed by atoms with Crippen molar-refractivity contribution < 1.29 is 23.7 Å². The summed E-state index contributed by atoms with van der Waals surface area (Å²) < 4.78 is 22.8. The molecule has 6 nitrogen and oxygen atoms in total. The monoisotopic (exact) mass is 421 g/mol. The Bertz CT molecular complexity index is 795. The third-order valence-electron chi connectivity index (χ3n) is 4.05. The Labute approximate surface area is 160 Å². The van der Waals surface area contributed by atoms with Gasteiger partial charge in [0.15, 0.2) is 23.0 Å². The third kappa shape index (κ3) is 4.04. The minimum Gasteiger partial charge on any atom is -0.493 e. The van der Waals surface area contributed by atoms with Crippen LogP contribution in [0.3, 0.4) is 0 Å². The number of carbonyl (C=O) groups is 1. The topological polar surface area (TPSA) is 66.0 Å². The Balaban J connectivity index is 1.56. The average molecular weight is 422 g/mol. The molecule has 0 aromatic heterocycles. The van der Waals surface area contributed by atoms with Gasteiger partial charge in [-0.2, -0.15) is 0 Å². The van der Waals surface area contributed by atoms with E-state index in [1.807, 2.05) is 30.3 Å². The zero-order valence-corrected chi connectivity index (χ0v) is 16.2. The summed E-state index contributed by atoms with van der Waals surface area (Å²) in [4.78, 5) is 12.3. The minimum absolute atomic E-state index is 0.197. The predicted molar refractivity (Wildman–Crippen MR) is 100 cm³/mol. The Hall–Kier alpha value is -2.41. The van der Waals surface area contributed by atoms with Gasteiger partial charge in [-0.3, -0.25) is 4.79 Å². The van der Waals surface area contributed by atoms with Crippen LogP contribution in [0.25, 0.3) is 0 Å². The van der Waals surface area contributed by atoms with Gasteiger partial charge in [-0.05, 0) is 36.2 Å². The molecule has 2 aromatic rings. The van der Waals surface area contributed by atoms with E-state index in [9.17, 15) is 4.79 Å². The van der Waals surface area contributed by atoms with E-state index in [2.05, 4.69) is 21.2 Å². The normalized spacial score (nSPS) is 15.3. The van der Waals surface area contributed by atoms with Gasteiger partial charge in [0.05, 0.1) is 14.2 Å². The van der Waals surface area contributed by atoms with Crippen LogP contribution in [-0.4, -0.2) is 39.4 Å². The van der Waals surface area contributed by atoms with Crippen LogP contribution in [0.4, 0.5) is 0 Å². The standard InChI is InChI=1S/C19H20BrNO5/c1-23-16-9-12(13(20)10-17(16)24-2)7-8-21-19(22)18-11-25-14-5-3-4-6-15(14)26-18/h3-6,9-10,18H,7-8,11H2,1-2H3,(H,21,22)/t18-/m1/s1. The van der Waals surface area contributed by atoms with Crippen molar-refractivity contribution in [2.24, 2.45) is 0 Å². The smallest absolute Gasteiger partial charge is 0.264 e. The molecule has 1 atom stereocenters. The van der Waals surface area contributed by atoms with Crippen LogP contribution in [0, 0.1) is 0 Å². The highest BCUT2D eigenvalue weighted by molar-refractivity contribution is 9.10. The van der Waals surface area contributed by atoms with Crippen molar-refractivity contribution >= 4 is 21.8 Å². The maximum absolute atomic E-state index is 12.3. The van der Waals surface area contributed by atoms with Gasteiger partial charge >= 0.3 is 0 Å². The van der Waals surface area contributed by atoms with Gasteiger partial charge < -0.3 is 24.3 Å². The minimum atomic E-state index is -0.654. The van der Waals surface area contributed by atoms with E-state index in [1.54, 1.807) is 20.3 Å². The summed E-state index contributed by atoms with van der Waals surface area (Å²) in [6.07, 6.45) is -0.0182. The van der Waals surface area contributed by atoms with Gasteiger partial charge in [-0.1, -0.05) is 28.1 Å². The van der Waals surface area contributed by atoms with E-state index in [0.717, 1.165) is 10.0 Å². The van der Waals surface area contributed by atoms with E-state index in [4.69, 9.17) is 18.9 Å². The molecule has 0 unspecified atom stereocenters. The molecule has 0 saturated heterocycles. The van der Waals surface area contributed by atoms with E-state index in [0.29, 0.717) is 36.0 Å². The van der Waals surface area contributed by atoms with E-state index >= 15 is 0 Å². The summed E-state index contributed by atoms with van der Waals surface area (Å²) in [5, 5.41) is 2.89. The molecule has 0 bridgehead atoms. The summed E-state index contributed by atoms with van der Waals surface area (Å²) in [6.45, 7) is 0.664. The van der Waals surface area contributed by atoms with Crippen LogP contribution in [0.2, 0.25) is 0 Å². The first-order valence-electron chi connectivity index (χ1n) is 8.19. The SMILES string of the molecule is COc1cc(Br)c(CCNC(=O)[C@H]2COc3ccccc3O2)cc1OC. The van der Waals surface area contributed by atoms with Crippen LogP contribution in [0.1, 0.15) is 5.56 Å². The highest BCUT2D eigenvalue weighted by Crippen LogP contribution is 2.33. The highest BCUT2D eigenvalue weighted by atomic mass is 79.9. The number of nitrogens with one attached hydrogen (secondary N) is 1. The quantitative estimate of drug-likeness (QED) is 0.776. The van der Waals surface area contributed by atoms with E-state index in [1.165, 1.54) is 0 Å². The molecule has 26 heavy (non-hydrogen) atoms. The number of amides is 1. The second-order valence-corrected chi connectivity index (χ2v) is 6.56. The lowest BCUT2D eigenvalue weighted by Crippen LogP contribution is -2.44. The fourth-order valence-electron chi connectivity index (χ4n) is 2.67. The van der Waals surface area contributed by atoms with Gasteiger partial charge in [0.25, 0.3) is 5.91 Å². The molecular weight excluding hydrogens is 402 g/mol. The van der Waals surface area contributed by atoms with E-state index in [-0.39, 0.29) is 12.5 Å². The molecule has 1 amide bonds. The van der Waals surface area contributed by atoms with Crippen molar-refractivity contribution in [3.05, 3.63) is 46.4 Å². The second-order valence-electron chi connectivity index (χ2n) is 5.70. The molecular formula is C19H20BrNO5. The molecule has 1 aliphatic rings. The maximum Gasteiger partial charge on any atom is 0.264 e. The molecule has 1 N–H and O–H groups in total. The fraction of sp³-hybridized carbons (Fsp3) is 0.316. The molecule has 0 radical (unpaired) electrons. The zero-order valence-electron chi connectivity index (χ0n) is 14.6. The first kappa shape index (κ1) is 18.4. The Morgan fingerprint density at radius 1 is 1.19 bits per heavy atom. The van der Waals surface area contributed by atoms with Crippen molar-refractivity contribution in [1.82, 2.24) is 5.32 Å². The zero-order chi connectivity index (χ0) is 18.5. The number of para-hydroxylation sites is 2. The van der Waals surface area contributed by atoms with Gasteiger partial charge in [-0.25, -0.2) is 0 Å². The number of benzene rings is 2. The van der Waals surface area contributed by atoms with Crippen molar-refractivity contribution in [2.45, 2.75) is 12.5 Å². The fourth-order valence-corrected chi connectivity index (χ4v) is 3.19. The van der Waals surface area contributed by atoms with Gasteiger partial charge in [0.1, 0.15) is 6.61 Å². The van der Waals surface area contributed by atoms with Gasteiger partial charge in [-0.15, -0.1) is 0 Å². The van der Waals surface area contributed by atoms with Crippen LogP contribution >= 0.6 is 15.9 Å². The van der Waals surface area contributed by atoms with Gasteiger partial charge in [0.2, 0.25) is 6.10 Å². The third-order valence-corrected chi connectivity index (χ3v) is 4.79. The second kappa shape index (κ2) is 8.31. The Kier molecular flexibility index (Phi) is 5.88. The van der Waals surface area contributed by atoms with Crippen LogP contribution in [0.5, 0.6) is 23.0 Å². The molecule has 3 rings (SSSR count). The van der Waals surface area contributed by atoms with Crippen LogP contribution < -0.4 is 24.3 Å². The maximum atomic E-state index is 12.3. The molecule has 2 aromatic carbocycles. The lowest BCUT2D eigenvalue weighted by Gasteiger charge is -2.25. The highest BCUT2D eigenvalue weighted by Gasteiger charge is 2.26. The lowest BCUT2D eigenvalue weighted by atomic mass is 10.1.